The number of rotatable bonds is 0. The first-order valence-electron chi connectivity index (χ1n) is 6.51. The summed E-state index contributed by atoms with van der Waals surface area (Å²) in [5.41, 5.74) is 7.43. The van der Waals surface area contributed by atoms with Crippen molar-refractivity contribution < 1.29 is 4.74 Å². The van der Waals surface area contributed by atoms with Crippen LogP contribution in [0, 0.1) is 0 Å². The minimum Gasteiger partial charge on any atom is -0.487 e. The molecule has 18 heavy (non-hydrogen) atoms. The molecule has 0 unspecified atom stereocenters. The quantitative estimate of drug-likeness (QED) is 0.800. The average Bonchev–Trinajstić information content (AvgIpc) is 2.33. The molecule has 98 valence electrons. The molecule has 0 amide bonds. The molecule has 1 atom stereocenters. The summed E-state index contributed by atoms with van der Waals surface area (Å²) in [5, 5.41) is 0. The summed E-state index contributed by atoms with van der Waals surface area (Å²) in [4.78, 5) is 2.36. The number of ether oxygens (including phenoxy) is 1. The van der Waals surface area contributed by atoms with Crippen LogP contribution in [0.15, 0.2) is 22.7 Å². The van der Waals surface area contributed by atoms with Crippen LogP contribution in [0.25, 0.3) is 0 Å². The van der Waals surface area contributed by atoms with Gasteiger partial charge < -0.3 is 15.4 Å². The van der Waals surface area contributed by atoms with Crippen molar-refractivity contribution in [2.75, 3.05) is 20.1 Å². The molecule has 2 N–H and O–H groups in total. The lowest BCUT2D eigenvalue weighted by Gasteiger charge is -2.45. The number of halogens is 1. The number of likely N-dealkylation sites (tertiary alicyclic amines) is 1. The Balaban J connectivity index is 1.90. The average molecular weight is 311 g/mol. The van der Waals surface area contributed by atoms with Gasteiger partial charge in [0.1, 0.15) is 11.4 Å². The van der Waals surface area contributed by atoms with Crippen molar-refractivity contribution in [2.24, 2.45) is 5.73 Å². The highest BCUT2D eigenvalue weighted by molar-refractivity contribution is 9.10. The predicted molar refractivity (Wildman–Crippen MR) is 75.8 cm³/mol. The van der Waals surface area contributed by atoms with Gasteiger partial charge in [0.15, 0.2) is 0 Å². The van der Waals surface area contributed by atoms with E-state index >= 15 is 0 Å². The fourth-order valence-electron chi connectivity index (χ4n) is 3.02. The lowest BCUT2D eigenvalue weighted by atomic mass is 9.81. The number of hydrogen-bond acceptors (Lipinski definition) is 3. The molecule has 0 saturated carbocycles. The van der Waals surface area contributed by atoms with Crippen LogP contribution >= 0.6 is 15.9 Å². The highest BCUT2D eigenvalue weighted by atomic mass is 79.9. The van der Waals surface area contributed by atoms with Crippen molar-refractivity contribution in [3.05, 3.63) is 28.2 Å². The van der Waals surface area contributed by atoms with Crippen LogP contribution in [0.3, 0.4) is 0 Å². The zero-order valence-corrected chi connectivity index (χ0v) is 12.2. The Bertz CT molecular complexity index is 455. The van der Waals surface area contributed by atoms with E-state index in [0.29, 0.717) is 0 Å². The normalized spacial score (nSPS) is 26.7. The van der Waals surface area contributed by atoms with E-state index in [1.807, 2.05) is 6.07 Å². The molecule has 4 heteroatoms. The summed E-state index contributed by atoms with van der Waals surface area (Å²) >= 11 is 3.50. The van der Waals surface area contributed by atoms with Crippen LogP contribution in [-0.2, 0) is 0 Å². The van der Waals surface area contributed by atoms with Gasteiger partial charge in [0.25, 0.3) is 0 Å². The minimum absolute atomic E-state index is 0.0419. The van der Waals surface area contributed by atoms with Gasteiger partial charge in [-0.05, 0) is 32.0 Å². The highest BCUT2D eigenvalue weighted by Gasteiger charge is 2.41. The van der Waals surface area contributed by atoms with Crippen LogP contribution in [0.2, 0.25) is 0 Å². The van der Waals surface area contributed by atoms with E-state index in [9.17, 15) is 0 Å². The molecule has 1 aromatic carbocycles. The number of nitrogens with two attached hydrogens (primary N) is 1. The Morgan fingerprint density at radius 3 is 2.83 bits per heavy atom. The third-order valence-corrected chi connectivity index (χ3v) is 4.68. The smallest absolute Gasteiger partial charge is 0.126 e. The molecule has 0 aromatic heterocycles. The fraction of sp³-hybridized carbons (Fsp3) is 0.571. The van der Waals surface area contributed by atoms with Gasteiger partial charge >= 0.3 is 0 Å². The van der Waals surface area contributed by atoms with Crippen molar-refractivity contribution in [1.29, 1.82) is 0 Å². The van der Waals surface area contributed by atoms with Crippen molar-refractivity contribution in [1.82, 2.24) is 4.90 Å². The Labute approximate surface area is 116 Å². The van der Waals surface area contributed by atoms with Gasteiger partial charge in [0.2, 0.25) is 0 Å². The summed E-state index contributed by atoms with van der Waals surface area (Å²) in [6, 6.07) is 6.26. The van der Waals surface area contributed by atoms with Crippen LogP contribution in [0.1, 0.15) is 30.9 Å². The Hall–Kier alpha value is -0.580. The van der Waals surface area contributed by atoms with E-state index in [0.717, 1.165) is 48.1 Å². The maximum atomic E-state index is 6.33. The molecule has 1 aromatic rings. The molecule has 0 bridgehead atoms. The molecular formula is C14H19BrN2O. The zero-order valence-electron chi connectivity index (χ0n) is 10.7. The molecular weight excluding hydrogens is 292 g/mol. The minimum atomic E-state index is -0.0419. The SMILES string of the molecule is CN1CCC2(CC1)C[C@H](N)c1ccc(Br)cc1O2. The second-order valence-electron chi connectivity index (χ2n) is 5.58. The van der Waals surface area contributed by atoms with E-state index in [1.165, 1.54) is 0 Å². The first-order valence-corrected chi connectivity index (χ1v) is 7.30. The zero-order chi connectivity index (χ0) is 12.8. The van der Waals surface area contributed by atoms with Gasteiger partial charge in [0.05, 0.1) is 0 Å². The first-order chi connectivity index (χ1) is 8.58. The summed E-state index contributed by atoms with van der Waals surface area (Å²) in [6.45, 7) is 2.19. The monoisotopic (exact) mass is 310 g/mol. The van der Waals surface area contributed by atoms with Gasteiger partial charge in [-0.3, -0.25) is 0 Å². The van der Waals surface area contributed by atoms with E-state index < -0.39 is 0 Å². The van der Waals surface area contributed by atoms with E-state index in [1.54, 1.807) is 0 Å². The number of hydrogen-bond donors (Lipinski definition) is 1. The van der Waals surface area contributed by atoms with Crippen LogP contribution in [0.4, 0.5) is 0 Å². The van der Waals surface area contributed by atoms with Gasteiger partial charge in [-0.15, -0.1) is 0 Å². The molecule has 2 heterocycles. The molecule has 1 saturated heterocycles. The van der Waals surface area contributed by atoms with Crippen molar-refractivity contribution >= 4 is 15.9 Å². The lowest BCUT2D eigenvalue weighted by molar-refractivity contribution is -0.0164. The van der Waals surface area contributed by atoms with Gasteiger partial charge in [-0.1, -0.05) is 22.0 Å². The summed E-state index contributed by atoms with van der Waals surface area (Å²) in [6.07, 6.45) is 3.09. The number of nitrogens with zero attached hydrogens (tertiary/aromatic N) is 1. The Morgan fingerprint density at radius 2 is 2.11 bits per heavy atom. The number of benzene rings is 1. The van der Waals surface area contributed by atoms with Gasteiger partial charge in [-0.25, -0.2) is 0 Å². The van der Waals surface area contributed by atoms with Gasteiger partial charge in [0, 0.05) is 35.6 Å². The van der Waals surface area contributed by atoms with Gasteiger partial charge in [-0.2, -0.15) is 0 Å². The lowest BCUT2D eigenvalue weighted by Crippen LogP contribution is -2.50. The molecule has 3 nitrogen and oxygen atoms in total. The van der Waals surface area contributed by atoms with Crippen molar-refractivity contribution in [2.45, 2.75) is 30.9 Å². The Kier molecular flexibility index (Phi) is 3.12. The van der Waals surface area contributed by atoms with Crippen LogP contribution < -0.4 is 10.5 Å². The highest BCUT2D eigenvalue weighted by Crippen LogP contribution is 2.43. The van der Waals surface area contributed by atoms with Crippen LogP contribution in [0.5, 0.6) is 5.75 Å². The maximum Gasteiger partial charge on any atom is 0.126 e. The maximum absolute atomic E-state index is 6.33. The van der Waals surface area contributed by atoms with E-state index in [-0.39, 0.29) is 11.6 Å². The molecule has 1 spiro atoms. The largest absolute Gasteiger partial charge is 0.487 e. The standard InChI is InChI=1S/C14H19BrN2O/c1-17-6-4-14(5-7-17)9-12(16)11-3-2-10(15)8-13(11)18-14/h2-3,8,12H,4-7,9,16H2,1H3/t12-/m0/s1. The summed E-state index contributed by atoms with van der Waals surface area (Å²) < 4.78 is 7.38. The molecule has 3 rings (SSSR count). The summed E-state index contributed by atoms with van der Waals surface area (Å²) in [5.74, 6) is 0.965. The number of piperidine rings is 1. The molecule has 0 radical (unpaired) electrons. The number of fused-ring (bicyclic) bond motifs is 1. The van der Waals surface area contributed by atoms with E-state index in [4.69, 9.17) is 10.5 Å². The van der Waals surface area contributed by atoms with Crippen molar-refractivity contribution in [3.8, 4) is 5.75 Å². The molecule has 0 aliphatic carbocycles. The second-order valence-corrected chi connectivity index (χ2v) is 6.50. The first kappa shape index (κ1) is 12.5. The molecule has 2 aliphatic heterocycles. The predicted octanol–water partition coefficient (Wildman–Crippen LogP) is 2.70. The van der Waals surface area contributed by atoms with Crippen LogP contribution in [-0.4, -0.2) is 30.6 Å². The fourth-order valence-corrected chi connectivity index (χ4v) is 3.36. The third-order valence-electron chi connectivity index (χ3n) is 4.19. The van der Waals surface area contributed by atoms with Crippen molar-refractivity contribution in [3.63, 3.8) is 0 Å². The Morgan fingerprint density at radius 1 is 1.39 bits per heavy atom. The molecule has 2 aliphatic rings. The molecule has 1 fully saturated rings. The van der Waals surface area contributed by atoms with E-state index in [2.05, 4.69) is 40.0 Å². The topological polar surface area (TPSA) is 38.5 Å². The summed E-state index contributed by atoms with van der Waals surface area (Å²) in [7, 11) is 2.17. The second kappa shape index (κ2) is 4.51. The third kappa shape index (κ3) is 2.17.